The maximum absolute atomic E-state index is 12.7. The number of aryl methyl sites for hydroxylation is 1. The van der Waals surface area contributed by atoms with E-state index in [0.29, 0.717) is 24.6 Å². The fourth-order valence-corrected chi connectivity index (χ4v) is 2.41. The van der Waals surface area contributed by atoms with Crippen LogP contribution in [0.4, 0.5) is 13.2 Å². The smallest absolute Gasteiger partial charge is 0.345 e. The maximum Gasteiger partial charge on any atom is 0.435 e. The summed E-state index contributed by atoms with van der Waals surface area (Å²) in [6.45, 7) is 3.59. The number of piperidine rings is 1. The van der Waals surface area contributed by atoms with Crippen molar-refractivity contribution in [3.8, 4) is 0 Å². The van der Waals surface area contributed by atoms with Crippen molar-refractivity contribution < 1.29 is 13.2 Å². The number of nitrogens with one attached hydrogen (secondary N) is 2. The van der Waals surface area contributed by atoms with Crippen molar-refractivity contribution in [1.29, 1.82) is 0 Å². The summed E-state index contributed by atoms with van der Waals surface area (Å²) in [6, 6.07) is 0. The summed E-state index contributed by atoms with van der Waals surface area (Å²) in [5, 5.41) is 3.24. The summed E-state index contributed by atoms with van der Waals surface area (Å²) in [5.74, 6) is 0.911. The Morgan fingerprint density at radius 3 is 2.44 bits per heavy atom. The van der Waals surface area contributed by atoms with Crippen molar-refractivity contribution in [2.45, 2.75) is 38.8 Å². The van der Waals surface area contributed by atoms with Crippen LogP contribution >= 0.6 is 0 Å². The average molecular weight is 261 g/mol. The highest BCUT2D eigenvalue weighted by Gasteiger charge is 2.36. The molecule has 102 valence electrons. The molecule has 3 nitrogen and oxygen atoms in total. The lowest BCUT2D eigenvalue weighted by Crippen LogP contribution is -2.28. The molecule has 0 aromatic carbocycles. The van der Waals surface area contributed by atoms with Gasteiger partial charge >= 0.3 is 6.18 Å². The zero-order valence-corrected chi connectivity index (χ0v) is 10.4. The Balaban J connectivity index is 2.11. The molecule has 1 aliphatic heterocycles. The van der Waals surface area contributed by atoms with Crippen LogP contribution in [-0.4, -0.2) is 23.1 Å². The van der Waals surface area contributed by atoms with Gasteiger partial charge in [0.05, 0.1) is 0 Å². The lowest BCUT2D eigenvalue weighted by molar-refractivity contribution is -0.141. The molecule has 2 heterocycles. The fraction of sp³-hybridized carbons (Fsp3) is 0.750. The first kappa shape index (κ1) is 13.4. The van der Waals surface area contributed by atoms with Crippen molar-refractivity contribution in [3.05, 3.63) is 17.2 Å². The number of alkyl halides is 3. The van der Waals surface area contributed by atoms with Gasteiger partial charge in [-0.2, -0.15) is 13.2 Å². The zero-order valence-electron chi connectivity index (χ0n) is 10.4. The topological polar surface area (TPSA) is 40.7 Å². The van der Waals surface area contributed by atoms with Gasteiger partial charge in [-0.1, -0.05) is 6.92 Å². The Bertz CT molecular complexity index is 392. The highest BCUT2D eigenvalue weighted by atomic mass is 19.4. The minimum atomic E-state index is -4.35. The molecule has 0 amide bonds. The Morgan fingerprint density at radius 2 is 1.94 bits per heavy atom. The second kappa shape index (κ2) is 5.30. The van der Waals surface area contributed by atoms with Crippen LogP contribution in [0.5, 0.6) is 0 Å². The maximum atomic E-state index is 12.7. The highest BCUT2D eigenvalue weighted by Crippen LogP contribution is 2.31. The van der Waals surface area contributed by atoms with Gasteiger partial charge < -0.3 is 10.3 Å². The van der Waals surface area contributed by atoms with E-state index < -0.39 is 11.9 Å². The first-order chi connectivity index (χ1) is 8.50. The van der Waals surface area contributed by atoms with Gasteiger partial charge in [-0.15, -0.1) is 0 Å². The van der Waals surface area contributed by atoms with Gasteiger partial charge in [0.1, 0.15) is 5.82 Å². The predicted molar refractivity (Wildman–Crippen MR) is 62.3 cm³/mol. The van der Waals surface area contributed by atoms with Crippen molar-refractivity contribution in [3.63, 3.8) is 0 Å². The van der Waals surface area contributed by atoms with Crippen LogP contribution < -0.4 is 5.32 Å². The molecule has 2 rings (SSSR count). The summed E-state index contributed by atoms with van der Waals surface area (Å²) < 4.78 is 38.2. The summed E-state index contributed by atoms with van der Waals surface area (Å²) in [6.07, 6.45) is -1.40. The molecule has 18 heavy (non-hydrogen) atoms. The Hall–Kier alpha value is -1.04. The van der Waals surface area contributed by atoms with Gasteiger partial charge in [0, 0.05) is 12.1 Å². The lowest BCUT2D eigenvalue weighted by Gasteiger charge is -2.21. The number of rotatable bonds is 3. The number of imidazole rings is 1. The second-order valence-corrected chi connectivity index (χ2v) is 4.76. The summed E-state index contributed by atoms with van der Waals surface area (Å²) in [5.41, 5.74) is -0.541. The molecule has 0 spiro atoms. The molecular formula is C12H18F3N3. The van der Waals surface area contributed by atoms with Crippen LogP contribution in [-0.2, 0) is 19.0 Å². The lowest BCUT2D eigenvalue weighted by atomic mass is 9.94. The van der Waals surface area contributed by atoms with Crippen molar-refractivity contribution in [2.24, 2.45) is 5.92 Å². The third-order valence-electron chi connectivity index (χ3n) is 3.39. The number of aromatic amines is 1. The highest BCUT2D eigenvalue weighted by molar-refractivity contribution is 5.18. The molecule has 1 saturated heterocycles. The minimum Gasteiger partial charge on any atom is -0.345 e. The molecule has 6 heteroatoms. The van der Waals surface area contributed by atoms with E-state index in [1.54, 1.807) is 6.92 Å². The van der Waals surface area contributed by atoms with E-state index >= 15 is 0 Å². The molecular weight excluding hydrogens is 243 g/mol. The molecule has 2 N–H and O–H groups in total. The van der Waals surface area contributed by atoms with Crippen LogP contribution in [0.2, 0.25) is 0 Å². The average Bonchev–Trinajstić information content (AvgIpc) is 2.73. The first-order valence-corrected chi connectivity index (χ1v) is 6.36. The van der Waals surface area contributed by atoms with E-state index in [2.05, 4.69) is 15.3 Å². The van der Waals surface area contributed by atoms with Crippen LogP contribution in [0.25, 0.3) is 0 Å². The number of hydrogen-bond acceptors (Lipinski definition) is 2. The van der Waals surface area contributed by atoms with Gasteiger partial charge in [0.2, 0.25) is 0 Å². The molecule has 1 fully saturated rings. The number of halogens is 3. The number of H-pyrrole nitrogens is 1. The van der Waals surface area contributed by atoms with Crippen LogP contribution in [0.1, 0.15) is 37.0 Å². The Labute approximate surface area is 104 Å². The monoisotopic (exact) mass is 261 g/mol. The standard InChI is InChI=1S/C12H18F3N3/c1-2-9-11(12(13,14)15)18-10(17-9)7-8-3-5-16-6-4-8/h8,16H,2-7H2,1H3,(H,17,18). The molecule has 0 aliphatic carbocycles. The minimum absolute atomic E-state index is 0.200. The van der Waals surface area contributed by atoms with E-state index in [0.717, 1.165) is 25.9 Å². The van der Waals surface area contributed by atoms with E-state index in [4.69, 9.17) is 0 Å². The van der Waals surface area contributed by atoms with Gasteiger partial charge in [-0.25, -0.2) is 4.98 Å². The third kappa shape index (κ3) is 3.04. The summed E-state index contributed by atoms with van der Waals surface area (Å²) >= 11 is 0. The van der Waals surface area contributed by atoms with E-state index in [-0.39, 0.29) is 5.69 Å². The Morgan fingerprint density at radius 1 is 1.28 bits per heavy atom. The van der Waals surface area contributed by atoms with E-state index in [1.807, 2.05) is 0 Å². The molecule has 1 aliphatic rings. The van der Waals surface area contributed by atoms with Gasteiger partial charge in [0.25, 0.3) is 0 Å². The van der Waals surface area contributed by atoms with Crippen molar-refractivity contribution in [1.82, 2.24) is 15.3 Å². The molecule has 1 aromatic rings. The summed E-state index contributed by atoms with van der Waals surface area (Å²) in [4.78, 5) is 6.58. The molecule has 1 aromatic heterocycles. The SMILES string of the molecule is CCc1[nH]c(CC2CCNCC2)nc1C(F)(F)F. The van der Waals surface area contributed by atoms with Crippen LogP contribution in [0, 0.1) is 5.92 Å². The molecule has 0 radical (unpaired) electrons. The van der Waals surface area contributed by atoms with Crippen LogP contribution in [0.3, 0.4) is 0 Å². The first-order valence-electron chi connectivity index (χ1n) is 6.36. The largest absolute Gasteiger partial charge is 0.435 e. The number of aromatic nitrogens is 2. The quantitative estimate of drug-likeness (QED) is 0.877. The van der Waals surface area contributed by atoms with Crippen molar-refractivity contribution >= 4 is 0 Å². The summed E-state index contributed by atoms with van der Waals surface area (Å²) in [7, 11) is 0. The molecule has 0 atom stereocenters. The van der Waals surface area contributed by atoms with E-state index in [1.165, 1.54) is 0 Å². The third-order valence-corrected chi connectivity index (χ3v) is 3.39. The Kier molecular flexibility index (Phi) is 3.94. The number of nitrogens with zero attached hydrogens (tertiary/aromatic N) is 1. The normalized spacial score (nSPS) is 18.2. The molecule has 0 saturated carbocycles. The second-order valence-electron chi connectivity index (χ2n) is 4.76. The van der Waals surface area contributed by atoms with Crippen LogP contribution in [0.15, 0.2) is 0 Å². The number of hydrogen-bond donors (Lipinski definition) is 2. The molecule has 0 unspecified atom stereocenters. The van der Waals surface area contributed by atoms with E-state index in [9.17, 15) is 13.2 Å². The predicted octanol–water partition coefficient (Wildman–Crippen LogP) is 2.53. The molecule has 0 bridgehead atoms. The van der Waals surface area contributed by atoms with Gasteiger partial charge in [-0.05, 0) is 38.3 Å². The van der Waals surface area contributed by atoms with Gasteiger partial charge in [0.15, 0.2) is 5.69 Å². The van der Waals surface area contributed by atoms with Crippen molar-refractivity contribution in [2.75, 3.05) is 13.1 Å². The zero-order chi connectivity index (χ0) is 13.2. The van der Waals surface area contributed by atoms with Gasteiger partial charge in [-0.3, -0.25) is 0 Å². The fourth-order valence-electron chi connectivity index (χ4n) is 2.41.